The molecular weight excluding hydrogens is 401 g/mol. The summed E-state index contributed by atoms with van der Waals surface area (Å²) in [5.41, 5.74) is 4.18. The van der Waals surface area contributed by atoms with Crippen LogP contribution in [0.2, 0.25) is 0 Å². The largest absolute Gasteiger partial charge is 0.361 e. The van der Waals surface area contributed by atoms with Crippen LogP contribution in [-0.2, 0) is 0 Å². The highest BCUT2D eigenvalue weighted by Crippen LogP contribution is 2.31. The van der Waals surface area contributed by atoms with Crippen molar-refractivity contribution < 1.29 is 4.39 Å². The van der Waals surface area contributed by atoms with Crippen molar-refractivity contribution in [1.29, 1.82) is 0 Å². The molecule has 5 aromatic rings. The summed E-state index contributed by atoms with van der Waals surface area (Å²) in [6.45, 7) is 2.04. The zero-order chi connectivity index (χ0) is 21.9. The van der Waals surface area contributed by atoms with E-state index in [4.69, 9.17) is 9.97 Å². The Morgan fingerprint density at radius 2 is 1.69 bits per heavy atom. The normalized spacial score (nSPS) is 11.9. The number of aromatic nitrogens is 4. The van der Waals surface area contributed by atoms with Gasteiger partial charge in [0.15, 0.2) is 5.82 Å². The number of hydrogen-bond acceptors (Lipinski definition) is 5. The Morgan fingerprint density at radius 1 is 0.812 bits per heavy atom. The number of fused-ring (bicyclic) bond motifs is 1. The molecule has 1 N–H and O–H groups in total. The highest BCUT2D eigenvalue weighted by Gasteiger charge is 2.14. The molecule has 0 amide bonds. The topological polar surface area (TPSA) is 63.6 Å². The lowest BCUT2D eigenvalue weighted by Gasteiger charge is -2.17. The second-order valence-electron chi connectivity index (χ2n) is 7.50. The second-order valence-corrected chi connectivity index (χ2v) is 7.50. The van der Waals surface area contributed by atoms with Crippen molar-refractivity contribution in [2.45, 2.75) is 13.0 Å². The van der Waals surface area contributed by atoms with E-state index in [1.807, 2.05) is 61.5 Å². The minimum atomic E-state index is -0.270. The average molecular weight is 421 g/mol. The van der Waals surface area contributed by atoms with Crippen molar-refractivity contribution in [2.24, 2.45) is 0 Å². The molecule has 2 aromatic carbocycles. The maximum Gasteiger partial charge on any atom is 0.163 e. The maximum atomic E-state index is 13.8. The number of nitrogens with one attached hydrogen (secondary N) is 1. The molecule has 3 aromatic heterocycles. The molecular formula is C26H20FN5. The molecule has 0 saturated heterocycles. The summed E-state index contributed by atoms with van der Waals surface area (Å²) in [7, 11) is 0. The summed E-state index contributed by atoms with van der Waals surface area (Å²) < 4.78 is 13.8. The van der Waals surface area contributed by atoms with Crippen LogP contribution in [0.15, 0.2) is 91.4 Å². The average Bonchev–Trinajstić information content (AvgIpc) is 2.84. The summed E-state index contributed by atoms with van der Waals surface area (Å²) in [6.07, 6.45) is 5.23. The van der Waals surface area contributed by atoms with Gasteiger partial charge in [0, 0.05) is 29.5 Å². The summed E-state index contributed by atoms with van der Waals surface area (Å²) in [6, 6.07) is 22.0. The molecule has 0 fully saturated rings. The van der Waals surface area contributed by atoms with Crippen LogP contribution < -0.4 is 5.32 Å². The number of benzene rings is 2. The van der Waals surface area contributed by atoms with Crippen LogP contribution in [0.1, 0.15) is 18.7 Å². The first-order chi connectivity index (χ1) is 15.7. The van der Waals surface area contributed by atoms with Crippen LogP contribution in [0.4, 0.5) is 10.2 Å². The molecule has 0 saturated carbocycles. The van der Waals surface area contributed by atoms with Gasteiger partial charge in [-0.15, -0.1) is 0 Å². The molecule has 156 valence electrons. The van der Waals surface area contributed by atoms with E-state index in [-0.39, 0.29) is 11.9 Å². The number of hydrogen-bond donors (Lipinski definition) is 1. The number of rotatable bonds is 5. The second kappa shape index (κ2) is 8.51. The lowest BCUT2D eigenvalue weighted by molar-refractivity contribution is 0.628. The van der Waals surface area contributed by atoms with Gasteiger partial charge in [-0.3, -0.25) is 9.97 Å². The molecule has 0 bridgehead atoms. The van der Waals surface area contributed by atoms with E-state index in [0.29, 0.717) is 11.6 Å². The van der Waals surface area contributed by atoms with Crippen LogP contribution in [0, 0.1) is 5.82 Å². The van der Waals surface area contributed by atoms with Crippen LogP contribution >= 0.6 is 0 Å². The summed E-state index contributed by atoms with van der Waals surface area (Å²) >= 11 is 0. The van der Waals surface area contributed by atoms with Crippen LogP contribution in [0.25, 0.3) is 33.4 Å². The molecule has 5 nitrogen and oxygen atoms in total. The molecule has 1 unspecified atom stereocenters. The van der Waals surface area contributed by atoms with Crippen molar-refractivity contribution in [1.82, 2.24) is 19.9 Å². The Kier molecular flexibility index (Phi) is 5.25. The van der Waals surface area contributed by atoms with Crippen molar-refractivity contribution in [3.8, 4) is 22.5 Å². The first kappa shape index (κ1) is 19.8. The van der Waals surface area contributed by atoms with Gasteiger partial charge in [0.2, 0.25) is 0 Å². The predicted octanol–water partition coefficient (Wildman–Crippen LogP) is 6.07. The van der Waals surface area contributed by atoms with E-state index in [9.17, 15) is 4.39 Å². The minimum Gasteiger partial charge on any atom is -0.361 e. The molecule has 0 radical (unpaired) electrons. The van der Waals surface area contributed by atoms with Gasteiger partial charge in [-0.05, 0) is 66.6 Å². The zero-order valence-corrected chi connectivity index (χ0v) is 17.4. The molecule has 0 aliphatic carbocycles. The van der Waals surface area contributed by atoms with E-state index in [1.54, 1.807) is 24.7 Å². The van der Waals surface area contributed by atoms with E-state index in [0.717, 1.165) is 33.3 Å². The number of halogens is 1. The van der Waals surface area contributed by atoms with Crippen molar-refractivity contribution in [2.75, 3.05) is 5.32 Å². The Balaban J connectivity index is 1.64. The predicted molar refractivity (Wildman–Crippen MR) is 124 cm³/mol. The number of pyridine rings is 2. The van der Waals surface area contributed by atoms with E-state index >= 15 is 0 Å². The van der Waals surface area contributed by atoms with Gasteiger partial charge in [0.1, 0.15) is 11.6 Å². The molecule has 0 spiro atoms. The highest BCUT2D eigenvalue weighted by molar-refractivity contribution is 5.93. The molecule has 3 heterocycles. The molecule has 32 heavy (non-hydrogen) atoms. The third-order valence-corrected chi connectivity index (χ3v) is 5.26. The van der Waals surface area contributed by atoms with Gasteiger partial charge in [0.05, 0.1) is 17.3 Å². The summed E-state index contributed by atoms with van der Waals surface area (Å²) in [4.78, 5) is 18.2. The summed E-state index contributed by atoms with van der Waals surface area (Å²) in [5, 5.41) is 4.36. The molecule has 6 heteroatoms. The monoisotopic (exact) mass is 421 g/mol. The van der Waals surface area contributed by atoms with Crippen LogP contribution in [0.3, 0.4) is 0 Å². The lowest BCUT2D eigenvalue weighted by Crippen LogP contribution is -2.10. The fraction of sp³-hybridized carbons (Fsp3) is 0.0769. The fourth-order valence-corrected chi connectivity index (χ4v) is 3.62. The first-order valence-electron chi connectivity index (χ1n) is 10.3. The fourth-order valence-electron chi connectivity index (χ4n) is 3.62. The van der Waals surface area contributed by atoms with Crippen molar-refractivity contribution in [3.05, 3.63) is 103 Å². The summed E-state index contributed by atoms with van der Waals surface area (Å²) in [5.74, 6) is 1.00. The van der Waals surface area contributed by atoms with E-state index in [1.165, 1.54) is 12.1 Å². The van der Waals surface area contributed by atoms with Gasteiger partial charge in [-0.2, -0.15) is 0 Å². The Bertz CT molecular complexity index is 1370. The van der Waals surface area contributed by atoms with Gasteiger partial charge in [-0.25, -0.2) is 14.4 Å². The Labute approximate surface area is 185 Å². The van der Waals surface area contributed by atoms with E-state index < -0.39 is 0 Å². The number of nitrogens with zero attached hydrogens (tertiary/aromatic N) is 4. The molecule has 0 aliphatic heterocycles. The third kappa shape index (κ3) is 4.03. The Hall–Kier alpha value is -4.19. The lowest BCUT2D eigenvalue weighted by atomic mass is 10.0. The smallest absolute Gasteiger partial charge is 0.163 e. The SMILES string of the molecule is CC(Nc1nc(-c2cccnc2)nc2cc(-c3cccc(F)c3)ccc12)c1ccccn1. The molecule has 5 rings (SSSR count). The minimum absolute atomic E-state index is 0.0565. The van der Waals surface area contributed by atoms with Crippen LogP contribution in [-0.4, -0.2) is 19.9 Å². The molecule has 0 aliphatic rings. The van der Waals surface area contributed by atoms with Crippen molar-refractivity contribution in [3.63, 3.8) is 0 Å². The van der Waals surface area contributed by atoms with Gasteiger partial charge < -0.3 is 5.32 Å². The first-order valence-corrected chi connectivity index (χ1v) is 10.3. The quantitative estimate of drug-likeness (QED) is 0.373. The van der Waals surface area contributed by atoms with Gasteiger partial charge in [0.25, 0.3) is 0 Å². The van der Waals surface area contributed by atoms with Gasteiger partial charge in [-0.1, -0.05) is 24.3 Å². The van der Waals surface area contributed by atoms with Crippen molar-refractivity contribution >= 4 is 16.7 Å². The van der Waals surface area contributed by atoms with Gasteiger partial charge >= 0.3 is 0 Å². The van der Waals surface area contributed by atoms with E-state index in [2.05, 4.69) is 15.3 Å². The maximum absolute atomic E-state index is 13.8. The number of anilines is 1. The third-order valence-electron chi connectivity index (χ3n) is 5.26. The molecule has 1 atom stereocenters. The standard InChI is InChI=1S/C26H20FN5/c1-17(23-9-2-3-13-29-23)30-26-22-11-10-19(18-6-4-8-21(27)14-18)15-24(22)31-25(32-26)20-7-5-12-28-16-20/h2-17H,1H3,(H,30,31,32). The Morgan fingerprint density at radius 3 is 2.47 bits per heavy atom. The zero-order valence-electron chi connectivity index (χ0n) is 17.4. The van der Waals surface area contributed by atoms with Crippen LogP contribution in [0.5, 0.6) is 0 Å². The highest BCUT2D eigenvalue weighted by atomic mass is 19.1.